The average Bonchev–Trinajstić information content (AvgIpc) is 2.56. The number of nitrogens with two attached hydrogens (primary N) is 1. The summed E-state index contributed by atoms with van der Waals surface area (Å²) in [5.41, 5.74) is 7.77. The van der Waals surface area contributed by atoms with Gasteiger partial charge in [-0.2, -0.15) is 5.10 Å². The van der Waals surface area contributed by atoms with Crippen molar-refractivity contribution in [3.05, 3.63) is 16.4 Å². The van der Waals surface area contributed by atoms with Gasteiger partial charge in [0.05, 0.1) is 22.0 Å². The van der Waals surface area contributed by atoms with Crippen molar-refractivity contribution in [2.45, 2.75) is 52.2 Å². The lowest BCUT2D eigenvalue weighted by atomic mass is 9.95. The Balaban J connectivity index is 2.88. The molecular weight excluding hydrogens is 250 g/mol. The van der Waals surface area contributed by atoms with E-state index in [1.54, 1.807) is 0 Å². The Hall–Kier alpha value is -0.580. The highest BCUT2D eigenvalue weighted by Gasteiger charge is 2.29. The summed E-state index contributed by atoms with van der Waals surface area (Å²) >= 11 is 6.32. The lowest BCUT2D eigenvalue weighted by Gasteiger charge is -2.31. The third-order valence-electron chi connectivity index (χ3n) is 3.33. The number of halogens is 1. The van der Waals surface area contributed by atoms with Gasteiger partial charge in [-0.3, -0.25) is 4.68 Å². The molecule has 1 aromatic rings. The van der Waals surface area contributed by atoms with Crippen molar-refractivity contribution in [1.82, 2.24) is 9.78 Å². The SMILES string of the molecule is CCOC(C)(C)C(N)Cc1c(Cl)c(CC)nn1C. The van der Waals surface area contributed by atoms with Crippen LogP contribution in [0.1, 0.15) is 39.1 Å². The molecule has 0 bridgehead atoms. The Labute approximate surface area is 114 Å². The summed E-state index contributed by atoms with van der Waals surface area (Å²) in [6.07, 6.45) is 1.49. The molecule has 0 fully saturated rings. The molecule has 1 unspecified atom stereocenters. The van der Waals surface area contributed by atoms with Crippen molar-refractivity contribution in [1.29, 1.82) is 0 Å². The van der Waals surface area contributed by atoms with Crippen molar-refractivity contribution in [2.75, 3.05) is 6.61 Å². The molecule has 1 rings (SSSR count). The number of ether oxygens (including phenoxy) is 1. The minimum atomic E-state index is -0.366. The zero-order chi connectivity index (χ0) is 13.9. The summed E-state index contributed by atoms with van der Waals surface area (Å²) in [6, 6.07) is -0.116. The predicted octanol–water partition coefficient (Wildman–Crippen LogP) is 2.32. The van der Waals surface area contributed by atoms with E-state index in [9.17, 15) is 0 Å². The highest BCUT2D eigenvalue weighted by atomic mass is 35.5. The maximum atomic E-state index is 6.32. The minimum Gasteiger partial charge on any atom is -0.374 e. The van der Waals surface area contributed by atoms with Crippen LogP contribution in [0.5, 0.6) is 0 Å². The van der Waals surface area contributed by atoms with Crippen LogP contribution < -0.4 is 5.73 Å². The Bertz CT molecular complexity index is 401. The highest BCUT2D eigenvalue weighted by molar-refractivity contribution is 6.31. The summed E-state index contributed by atoms with van der Waals surface area (Å²) in [5, 5.41) is 5.14. The standard InChI is InChI=1S/C13H24ClN3O/c1-6-9-12(14)10(17(5)16-9)8-11(15)13(3,4)18-7-2/h11H,6-8,15H2,1-5H3. The fourth-order valence-corrected chi connectivity index (χ4v) is 2.35. The number of hydrogen-bond donors (Lipinski definition) is 1. The molecule has 0 aliphatic carbocycles. The van der Waals surface area contributed by atoms with Crippen LogP contribution in [0.3, 0.4) is 0 Å². The van der Waals surface area contributed by atoms with Gasteiger partial charge in [-0.15, -0.1) is 0 Å². The zero-order valence-corrected chi connectivity index (χ0v) is 12.7. The van der Waals surface area contributed by atoms with Gasteiger partial charge in [0.15, 0.2) is 0 Å². The molecule has 1 atom stereocenters. The van der Waals surface area contributed by atoms with Crippen LogP contribution in [0.4, 0.5) is 0 Å². The number of hydrogen-bond acceptors (Lipinski definition) is 3. The van der Waals surface area contributed by atoms with Crippen LogP contribution in [-0.2, 0) is 24.6 Å². The molecule has 0 aliphatic rings. The average molecular weight is 274 g/mol. The van der Waals surface area contributed by atoms with Crippen LogP contribution in [-0.4, -0.2) is 28.0 Å². The van der Waals surface area contributed by atoms with Crippen LogP contribution >= 0.6 is 11.6 Å². The molecule has 18 heavy (non-hydrogen) atoms. The normalized spacial score (nSPS) is 13.9. The molecule has 104 valence electrons. The lowest BCUT2D eigenvalue weighted by molar-refractivity contribution is -0.0291. The minimum absolute atomic E-state index is 0.116. The summed E-state index contributed by atoms with van der Waals surface area (Å²) in [7, 11) is 1.90. The number of nitrogens with zero attached hydrogens (tertiary/aromatic N) is 2. The molecule has 5 heteroatoms. The third-order valence-corrected chi connectivity index (χ3v) is 3.76. The molecule has 0 aromatic carbocycles. The zero-order valence-electron chi connectivity index (χ0n) is 12.0. The first kappa shape index (κ1) is 15.5. The highest BCUT2D eigenvalue weighted by Crippen LogP contribution is 2.24. The maximum Gasteiger partial charge on any atom is 0.0850 e. The van der Waals surface area contributed by atoms with E-state index in [-0.39, 0.29) is 11.6 Å². The number of aromatic nitrogens is 2. The van der Waals surface area contributed by atoms with Gasteiger partial charge in [0.1, 0.15) is 0 Å². The molecule has 0 aliphatic heterocycles. The van der Waals surface area contributed by atoms with E-state index in [1.165, 1.54) is 0 Å². The van der Waals surface area contributed by atoms with E-state index in [0.29, 0.717) is 13.0 Å². The monoisotopic (exact) mass is 273 g/mol. The Morgan fingerprint density at radius 2 is 2.06 bits per heavy atom. The van der Waals surface area contributed by atoms with E-state index < -0.39 is 0 Å². The Kier molecular flexibility index (Phi) is 5.20. The second-order valence-corrected chi connectivity index (χ2v) is 5.41. The quantitative estimate of drug-likeness (QED) is 0.865. The van der Waals surface area contributed by atoms with Crippen LogP contribution in [0, 0.1) is 0 Å². The molecule has 2 N–H and O–H groups in total. The van der Waals surface area contributed by atoms with E-state index in [1.807, 2.05) is 39.4 Å². The van der Waals surface area contributed by atoms with Crippen LogP contribution in [0.15, 0.2) is 0 Å². The molecule has 0 saturated heterocycles. The summed E-state index contributed by atoms with van der Waals surface area (Å²) in [4.78, 5) is 0. The van der Waals surface area contributed by atoms with Crippen LogP contribution in [0.2, 0.25) is 5.02 Å². The van der Waals surface area contributed by atoms with Gasteiger partial charge >= 0.3 is 0 Å². The first-order valence-corrected chi connectivity index (χ1v) is 6.81. The molecule has 1 heterocycles. The van der Waals surface area contributed by atoms with Crippen molar-refractivity contribution in [2.24, 2.45) is 12.8 Å². The van der Waals surface area contributed by atoms with Crippen molar-refractivity contribution >= 4 is 11.6 Å². The molecule has 1 aromatic heterocycles. The number of rotatable bonds is 6. The van der Waals surface area contributed by atoms with E-state index >= 15 is 0 Å². The largest absolute Gasteiger partial charge is 0.374 e. The second kappa shape index (κ2) is 6.04. The van der Waals surface area contributed by atoms with Gasteiger partial charge < -0.3 is 10.5 Å². The van der Waals surface area contributed by atoms with Crippen molar-refractivity contribution in [3.63, 3.8) is 0 Å². The lowest BCUT2D eigenvalue weighted by Crippen LogP contribution is -2.47. The second-order valence-electron chi connectivity index (χ2n) is 5.03. The fraction of sp³-hybridized carbons (Fsp3) is 0.769. The van der Waals surface area contributed by atoms with Gasteiger partial charge in [-0.1, -0.05) is 18.5 Å². The smallest absolute Gasteiger partial charge is 0.0850 e. The van der Waals surface area contributed by atoms with Gasteiger partial charge in [0, 0.05) is 26.1 Å². The first-order valence-electron chi connectivity index (χ1n) is 6.43. The Morgan fingerprint density at radius 3 is 2.50 bits per heavy atom. The van der Waals surface area contributed by atoms with Crippen molar-refractivity contribution in [3.8, 4) is 0 Å². The molecular formula is C13H24ClN3O. The van der Waals surface area contributed by atoms with Gasteiger partial charge in [0.25, 0.3) is 0 Å². The van der Waals surface area contributed by atoms with Crippen LogP contribution in [0.25, 0.3) is 0 Å². The summed E-state index contributed by atoms with van der Waals surface area (Å²) in [5.74, 6) is 0. The maximum absolute atomic E-state index is 6.32. The first-order chi connectivity index (χ1) is 8.33. The summed E-state index contributed by atoms with van der Waals surface area (Å²) in [6.45, 7) is 8.68. The fourth-order valence-electron chi connectivity index (χ4n) is 1.97. The van der Waals surface area contributed by atoms with Gasteiger partial charge in [-0.25, -0.2) is 0 Å². The topological polar surface area (TPSA) is 53.1 Å². The number of aryl methyl sites for hydroxylation is 2. The van der Waals surface area contributed by atoms with Crippen molar-refractivity contribution < 1.29 is 4.74 Å². The predicted molar refractivity (Wildman–Crippen MR) is 75.0 cm³/mol. The molecule has 0 saturated carbocycles. The van der Waals surface area contributed by atoms with E-state index in [2.05, 4.69) is 5.10 Å². The van der Waals surface area contributed by atoms with E-state index in [0.717, 1.165) is 22.8 Å². The van der Waals surface area contributed by atoms with Gasteiger partial charge in [-0.05, 0) is 27.2 Å². The molecule has 0 spiro atoms. The third kappa shape index (κ3) is 3.25. The molecule has 0 amide bonds. The Morgan fingerprint density at radius 1 is 1.44 bits per heavy atom. The summed E-state index contributed by atoms with van der Waals surface area (Å²) < 4.78 is 7.50. The van der Waals surface area contributed by atoms with E-state index in [4.69, 9.17) is 22.1 Å². The molecule has 0 radical (unpaired) electrons. The van der Waals surface area contributed by atoms with Gasteiger partial charge in [0.2, 0.25) is 0 Å². The molecule has 4 nitrogen and oxygen atoms in total.